The Balaban J connectivity index is 1.63. The number of imide groups is 1. The van der Waals surface area contributed by atoms with Gasteiger partial charge in [0, 0.05) is 5.69 Å². The number of aryl methyl sites for hydroxylation is 1. The number of fused-ring (bicyclic) bond motifs is 1. The Hall–Kier alpha value is -3.15. The van der Waals surface area contributed by atoms with Gasteiger partial charge in [-0.25, -0.2) is 4.79 Å². The first-order valence-corrected chi connectivity index (χ1v) is 7.13. The maximum atomic E-state index is 12.2. The summed E-state index contributed by atoms with van der Waals surface area (Å²) < 4.78 is 0. The number of nitrogens with zero attached hydrogens (tertiary/aromatic N) is 1. The van der Waals surface area contributed by atoms with Gasteiger partial charge in [-0.05, 0) is 30.7 Å². The van der Waals surface area contributed by atoms with Crippen LogP contribution in [0.25, 0.3) is 0 Å². The van der Waals surface area contributed by atoms with Crippen LogP contribution in [-0.2, 0) is 0 Å². The highest BCUT2D eigenvalue weighted by Gasteiger charge is 2.35. The summed E-state index contributed by atoms with van der Waals surface area (Å²) in [5.74, 6) is -0.802. The molecule has 2 N–H and O–H groups in total. The van der Waals surface area contributed by atoms with Crippen molar-refractivity contribution in [1.29, 1.82) is 0 Å². The number of rotatable bonds is 3. The molecule has 0 unspecified atom stereocenters. The molecule has 23 heavy (non-hydrogen) atoms. The first-order chi connectivity index (χ1) is 11.1. The van der Waals surface area contributed by atoms with Crippen molar-refractivity contribution < 1.29 is 14.4 Å². The van der Waals surface area contributed by atoms with Gasteiger partial charge in [-0.3, -0.25) is 14.5 Å². The van der Waals surface area contributed by atoms with Crippen LogP contribution in [0.1, 0.15) is 26.3 Å². The Labute approximate surface area is 133 Å². The molecule has 0 radical (unpaired) electrons. The zero-order valence-electron chi connectivity index (χ0n) is 12.5. The van der Waals surface area contributed by atoms with E-state index in [-0.39, 0.29) is 6.67 Å². The van der Waals surface area contributed by atoms with Gasteiger partial charge < -0.3 is 10.6 Å². The Kier molecular flexibility index (Phi) is 3.80. The minimum absolute atomic E-state index is 0.177. The zero-order chi connectivity index (χ0) is 16.4. The molecule has 1 aliphatic rings. The zero-order valence-corrected chi connectivity index (χ0v) is 12.5. The molecule has 1 aliphatic heterocycles. The maximum Gasteiger partial charge on any atom is 0.320 e. The van der Waals surface area contributed by atoms with E-state index in [0.29, 0.717) is 16.8 Å². The summed E-state index contributed by atoms with van der Waals surface area (Å²) in [7, 11) is 0. The third-order valence-electron chi connectivity index (χ3n) is 3.67. The minimum atomic E-state index is -0.476. The maximum absolute atomic E-state index is 12.2. The number of hydrogen-bond donors (Lipinski definition) is 2. The fraction of sp³-hybridized carbons (Fsp3) is 0.118. The van der Waals surface area contributed by atoms with E-state index >= 15 is 0 Å². The smallest absolute Gasteiger partial charge is 0.320 e. The monoisotopic (exact) mass is 309 g/mol. The number of nitrogens with one attached hydrogen (secondary N) is 2. The molecule has 6 heteroatoms. The number of anilines is 1. The molecule has 1 heterocycles. The summed E-state index contributed by atoms with van der Waals surface area (Å²) in [4.78, 5) is 37.3. The lowest BCUT2D eigenvalue weighted by molar-refractivity contribution is 0.0648. The molecular weight excluding hydrogens is 294 g/mol. The minimum Gasteiger partial charge on any atom is -0.320 e. The molecular formula is C17H15N3O3. The standard InChI is InChI=1S/C17H15N3O3/c1-11-6-2-5-9-14(11)19-17(23)18-10-20-15(21)12-7-3-4-8-13(12)16(20)22/h2-9H,10H2,1H3,(H2,18,19,23). The van der Waals surface area contributed by atoms with Gasteiger partial charge in [0.25, 0.3) is 11.8 Å². The molecule has 0 atom stereocenters. The van der Waals surface area contributed by atoms with Crippen LogP contribution in [0.3, 0.4) is 0 Å². The van der Waals surface area contributed by atoms with E-state index in [1.165, 1.54) is 0 Å². The Morgan fingerprint density at radius 3 is 2.13 bits per heavy atom. The van der Waals surface area contributed by atoms with Gasteiger partial charge in [0.1, 0.15) is 6.67 Å². The number of hydrogen-bond acceptors (Lipinski definition) is 3. The van der Waals surface area contributed by atoms with Crippen LogP contribution in [0.15, 0.2) is 48.5 Å². The molecule has 6 nitrogen and oxygen atoms in total. The predicted molar refractivity (Wildman–Crippen MR) is 85.1 cm³/mol. The first kappa shape index (κ1) is 14.8. The molecule has 0 spiro atoms. The van der Waals surface area contributed by atoms with Crippen molar-refractivity contribution in [1.82, 2.24) is 10.2 Å². The third-order valence-corrected chi connectivity index (χ3v) is 3.67. The van der Waals surface area contributed by atoms with Gasteiger partial charge in [0.2, 0.25) is 0 Å². The number of para-hydroxylation sites is 1. The molecule has 0 fully saturated rings. The lowest BCUT2D eigenvalue weighted by atomic mass is 10.1. The number of urea groups is 1. The Bertz CT molecular complexity index is 766. The number of carbonyl (C=O) groups excluding carboxylic acids is 3. The van der Waals surface area contributed by atoms with Crippen LogP contribution in [0.4, 0.5) is 10.5 Å². The van der Waals surface area contributed by atoms with E-state index in [0.717, 1.165) is 10.5 Å². The van der Waals surface area contributed by atoms with E-state index in [9.17, 15) is 14.4 Å². The number of benzene rings is 2. The van der Waals surface area contributed by atoms with E-state index in [1.807, 2.05) is 25.1 Å². The highest BCUT2D eigenvalue weighted by Crippen LogP contribution is 2.21. The number of amides is 4. The molecule has 0 aromatic heterocycles. The normalized spacial score (nSPS) is 13.0. The summed E-state index contributed by atoms with van der Waals surface area (Å²) in [5.41, 5.74) is 2.31. The van der Waals surface area contributed by atoms with Crippen molar-refractivity contribution in [2.24, 2.45) is 0 Å². The third kappa shape index (κ3) is 2.78. The summed E-state index contributed by atoms with van der Waals surface area (Å²) in [6.45, 7) is 1.70. The second-order valence-electron chi connectivity index (χ2n) is 5.19. The van der Waals surface area contributed by atoms with Gasteiger partial charge >= 0.3 is 6.03 Å². The summed E-state index contributed by atoms with van der Waals surface area (Å²) >= 11 is 0. The topological polar surface area (TPSA) is 78.5 Å². The van der Waals surface area contributed by atoms with Crippen LogP contribution in [0.2, 0.25) is 0 Å². The molecule has 0 bridgehead atoms. The van der Waals surface area contributed by atoms with E-state index in [2.05, 4.69) is 10.6 Å². The fourth-order valence-corrected chi connectivity index (χ4v) is 2.41. The lowest BCUT2D eigenvalue weighted by Crippen LogP contribution is -2.42. The van der Waals surface area contributed by atoms with Crippen molar-refractivity contribution in [3.8, 4) is 0 Å². The largest absolute Gasteiger partial charge is 0.320 e. The van der Waals surface area contributed by atoms with E-state index in [1.54, 1.807) is 30.3 Å². The van der Waals surface area contributed by atoms with Crippen molar-refractivity contribution in [2.45, 2.75) is 6.92 Å². The molecule has 116 valence electrons. The fourth-order valence-electron chi connectivity index (χ4n) is 2.41. The van der Waals surface area contributed by atoms with Crippen molar-refractivity contribution in [3.63, 3.8) is 0 Å². The molecule has 2 aromatic rings. The molecule has 0 aliphatic carbocycles. The molecule has 3 rings (SSSR count). The van der Waals surface area contributed by atoms with Crippen molar-refractivity contribution in [3.05, 3.63) is 65.2 Å². The van der Waals surface area contributed by atoms with Gasteiger partial charge in [-0.2, -0.15) is 0 Å². The lowest BCUT2D eigenvalue weighted by Gasteiger charge is -2.15. The van der Waals surface area contributed by atoms with Gasteiger partial charge in [-0.15, -0.1) is 0 Å². The molecule has 0 saturated heterocycles. The average molecular weight is 309 g/mol. The number of carbonyl (C=O) groups is 3. The second-order valence-corrected chi connectivity index (χ2v) is 5.19. The molecule has 2 aromatic carbocycles. The first-order valence-electron chi connectivity index (χ1n) is 7.13. The summed E-state index contributed by atoms with van der Waals surface area (Å²) in [6.07, 6.45) is 0. The van der Waals surface area contributed by atoms with Crippen molar-refractivity contribution >= 4 is 23.5 Å². The Morgan fingerprint density at radius 1 is 0.957 bits per heavy atom. The van der Waals surface area contributed by atoms with Crippen molar-refractivity contribution in [2.75, 3.05) is 12.0 Å². The van der Waals surface area contributed by atoms with Gasteiger partial charge in [0.05, 0.1) is 11.1 Å². The van der Waals surface area contributed by atoms with Crippen LogP contribution >= 0.6 is 0 Å². The van der Waals surface area contributed by atoms with E-state index < -0.39 is 17.8 Å². The second kappa shape index (κ2) is 5.92. The van der Waals surface area contributed by atoms with Gasteiger partial charge in [-0.1, -0.05) is 30.3 Å². The summed E-state index contributed by atoms with van der Waals surface area (Å²) in [5, 5.41) is 5.22. The molecule has 0 saturated carbocycles. The quantitative estimate of drug-likeness (QED) is 0.854. The highest BCUT2D eigenvalue weighted by molar-refractivity contribution is 6.21. The van der Waals surface area contributed by atoms with Crippen LogP contribution in [0, 0.1) is 6.92 Å². The SMILES string of the molecule is Cc1ccccc1NC(=O)NCN1C(=O)c2ccccc2C1=O. The average Bonchev–Trinajstić information content (AvgIpc) is 2.80. The molecule has 4 amide bonds. The van der Waals surface area contributed by atoms with Crippen LogP contribution in [-0.4, -0.2) is 29.4 Å². The van der Waals surface area contributed by atoms with Gasteiger partial charge in [0.15, 0.2) is 0 Å². The summed E-state index contributed by atoms with van der Waals surface area (Å²) in [6, 6.07) is 13.5. The predicted octanol–water partition coefficient (Wildman–Crippen LogP) is 2.37. The highest BCUT2D eigenvalue weighted by atomic mass is 16.2. The van der Waals surface area contributed by atoms with E-state index in [4.69, 9.17) is 0 Å². The Morgan fingerprint density at radius 2 is 1.52 bits per heavy atom. The van der Waals surface area contributed by atoms with Crippen LogP contribution in [0.5, 0.6) is 0 Å². The van der Waals surface area contributed by atoms with Crippen LogP contribution < -0.4 is 10.6 Å².